The van der Waals surface area contributed by atoms with E-state index in [9.17, 15) is 14.0 Å². The lowest BCUT2D eigenvalue weighted by Gasteiger charge is -2.35. The molecule has 6 heteroatoms. The van der Waals surface area contributed by atoms with Crippen LogP contribution in [0.3, 0.4) is 0 Å². The largest absolute Gasteiger partial charge is 0.472 e. The summed E-state index contributed by atoms with van der Waals surface area (Å²) in [5.41, 5.74) is 1.38. The monoisotopic (exact) mass is 358 g/mol. The number of nitrogens with zero attached hydrogens (tertiary/aromatic N) is 2. The number of piperidine rings is 1. The Kier molecular flexibility index (Phi) is 5.40. The fourth-order valence-corrected chi connectivity index (χ4v) is 3.38. The fourth-order valence-electron chi connectivity index (χ4n) is 3.38. The van der Waals surface area contributed by atoms with E-state index < -0.39 is 0 Å². The smallest absolute Gasteiger partial charge is 0.257 e. The lowest BCUT2D eigenvalue weighted by Crippen LogP contribution is -2.46. The summed E-state index contributed by atoms with van der Waals surface area (Å²) < 4.78 is 18.1. The number of hydrogen-bond acceptors (Lipinski definition) is 3. The van der Waals surface area contributed by atoms with E-state index >= 15 is 0 Å². The third kappa shape index (κ3) is 3.79. The number of halogens is 1. The molecule has 1 aromatic heterocycles. The first-order valence-electron chi connectivity index (χ1n) is 8.81. The van der Waals surface area contributed by atoms with Crippen LogP contribution in [0.4, 0.5) is 4.39 Å². The van der Waals surface area contributed by atoms with E-state index in [-0.39, 0.29) is 29.6 Å². The quantitative estimate of drug-likeness (QED) is 0.841. The Balaban J connectivity index is 1.66. The lowest BCUT2D eigenvalue weighted by molar-refractivity contribution is -0.137. The van der Waals surface area contributed by atoms with Crippen molar-refractivity contribution in [1.82, 2.24) is 9.80 Å². The molecule has 2 atom stereocenters. The Morgan fingerprint density at radius 1 is 1.27 bits per heavy atom. The van der Waals surface area contributed by atoms with Crippen molar-refractivity contribution in [1.29, 1.82) is 0 Å². The van der Waals surface area contributed by atoms with Gasteiger partial charge >= 0.3 is 0 Å². The maximum Gasteiger partial charge on any atom is 0.257 e. The second kappa shape index (κ2) is 7.72. The van der Waals surface area contributed by atoms with Crippen molar-refractivity contribution in [3.8, 4) is 0 Å². The van der Waals surface area contributed by atoms with Gasteiger partial charge in [0.25, 0.3) is 5.91 Å². The van der Waals surface area contributed by atoms with Crippen LogP contribution in [0.15, 0.2) is 47.3 Å². The van der Waals surface area contributed by atoms with Gasteiger partial charge in [-0.2, -0.15) is 0 Å². The molecule has 1 aliphatic rings. The molecule has 0 radical (unpaired) electrons. The summed E-state index contributed by atoms with van der Waals surface area (Å²) >= 11 is 0. The van der Waals surface area contributed by atoms with Gasteiger partial charge in [0.1, 0.15) is 12.1 Å². The predicted molar refractivity (Wildman–Crippen MR) is 94.9 cm³/mol. The molecule has 26 heavy (non-hydrogen) atoms. The van der Waals surface area contributed by atoms with Crippen molar-refractivity contribution in [2.45, 2.75) is 25.8 Å². The van der Waals surface area contributed by atoms with Gasteiger partial charge in [0.15, 0.2) is 0 Å². The average Bonchev–Trinajstić information content (AvgIpc) is 3.21. The number of benzene rings is 1. The number of carbonyl (C=O) groups is 2. The number of furan rings is 1. The van der Waals surface area contributed by atoms with Crippen molar-refractivity contribution >= 4 is 11.8 Å². The van der Waals surface area contributed by atoms with Gasteiger partial charge in [-0.3, -0.25) is 9.59 Å². The number of hydrogen-bond donors (Lipinski definition) is 0. The molecule has 0 saturated carbocycles. The second-order valence-electron chi connectivity index (χ2n) is 6.78. The van der Waals surface area contributed by atoms with E-state index in [1.807, 2.05) is 6.92 Å². The van der Waals surface area contributed by atoms with Crippen molar-refractivity contribution in [2.75, 3.05) is 20.1 Å². The zero-order valence-electron chi connectivity index (χ0n) is 15.0. The highest BCUT2D eigenvalue weighted by atomic mass is 19.1. The van der Waals surface area contributed by atoms with Crippen LogP contribution < -0.4 is 0 Å². The van der Waals surface area contributed by atoms with Gasteiger partial charge in [0.05, 0.1) is 23.8 Å². The van der Waals surface area contributed by atoms with Crippen LogP contribution in [0.2, 0.25) is 0 Å². The molecule has 1 aliphatic heterocycles. The van der Waals surface area contributed by atoms with Crippen molar-refractivity contribution in [3.05, 3.63) is 59.8 Å². The van der Waals surface area contributed by atoms with Crippen LogP contribution in [0.5, 0.6) is 0 Å². The van der Waals surface area contributed by atoms with Gasteiger partial charge in [0.2, 0.25) is 5.91 Å². The first-order valence-corrected chi connectivity index (χ1v) is 8.81. The van der Waals surface area contributed by atoms with Gasteiger partial charge in [0, 0.05) is 20.1 Å². The van der Waals surface area contributed by atoms with Gasteiger partial charge in [-0.15, -0.1) is 0 Å². The zero-order chi connectivity index (χ0) is 18.7. The first-order chi connectivity index (χ1) is 12.5. The highest BCUT2D eigenvalue weighted by Crippen LogP contribution is 2.25. The fraction of sp³-hybridized carbons (Fsp3) is 0.400. The molecule has 0 bridgehead atoms. The van der Waals surface area contributed by atoms with E-state index in [1.54, 1.807) is 35.0 Å². The summed E-state index contributed by atoms with van der Waals surface area (Å²) in [6.45, 7) is 2.97. The minimum atomic E-state index is -0.296. The minimum absolute atomic E-state index is 0.00604. The SMILES string of the molecule is CC(c1ccc(F)cc1)N(C)C(=O)C1CCCN(C(=O)c2ccoc2)C1. The summed E-state index contributed by atoms with van der Waals surface area (Å²) in [5.74, 6) is -0.625. The average molecular weight is 358 g/mol. The van der Waals surface area contributed by atoms with Crippen LogP contribution in [-0.2, 0) is 4.79 Å². The molecule has 2 amide bonds. The van der Waals surface area contributed by atoms with Crippen LogP contribution in [0.25, 0.3) is 0 Å². The topological polar surface area (TPSA) is 53.8 Å². The molecule has 1 saturated heterocycles. The molecule has 0 aliphatic carbocycles. The summed E-state index contributed by atoms with van der Waals surface area (Å²) in [6.07, 6.45) is 4.45. The van der Waals surface area contributed by atoms with Crippen LogP contribution in [0.1, 0.15) is 41.7 Å². The standard InChI is InChI=1S/C20H23FN2O3/c1-14(15-5-7-18(21)8-6-15)22(2)19(24)16-4-3-10-23(12-16)20(25)17-9-11-26-13-17/h5-9,11,13-14,16H,3-4,10,12H2,1-2H3. The second-order valence-corrected chi connectivity index (χ2v) is 6.78. The van der Waals surface area contributed by atoms with E-state index in [0.717, 1.165) is 18.4 Å². The minimum Gasteiger partial charge on any atom is -0.472 e. The molecular formula is C20H23FN2O3. The molecule has 138 valence electrons. The molecule has 1 aromatic carbocycles. The molecule has 1 fully saturated rings. The maximum absolute atomic E-state index is 13.1. The van der Waals surface area contributed by atoms with E-state index in [4.69, 9.17) is 4.42 Å². The predicted octanol–water partition coefficient (Wildman–Crippen LogP) is 3.49. The van der Waals surface area contributed by atoms with Gasteiger partial charge in [-0.1, -0.05) is 12.1 Å². The van der Waals surface area contributed by atoms with Gasteiger partial charge in [-0.25, -0.2) is 4.39 Å². The van der Waals surface area contributed by atoms with Crippen LogP contribution in [-0.4, -0.2) is 41.8 Å². The van der Waals surface area contributed by atoms with Crippen molar-refractivity contribution in [2.24, 2.45) is 5.92 Å². The molecule has 2 unspecified atom stereocenters. The number of rotatable bonds is 4. The third-order valence-corrected chi connectivity index (χ3v) is 5.11. The Bertz CT molecular complexity index is 758. The highest BCUT2D eigenvalue weighted by Gasteiger charge is 2.32. The maximum atomic E-state index is 13.1. The molecule has 2 heterocycles. The Morgan fingerprint density at radius 3 is 2.65 bits per heavy atom. The van der Waals surface area contributed by atoms with Gasteiger partial charge < -0.3 is 14.2 Å². The Morgan fingerprint density at radius 2 is 2.00 bits per heavy atom. The number of likely N-dealkylation sites (tertiary alicyclic amines) is 1. The highest BCUT2D eigenvalue weighted by molar-refractivity contribution is 5.94. The summed E-state index contributed by atoms with van der Waals surface area (Å²) in [7, 11) is 1.76. The van der Waals surface area contributed by atoms with E-state index in [1.165, 1.54) is 24.7 Å². The van der Waals surface area contributed by atoms with Crippen LogP contribution >= 0.6 is 0 Å². The molecule has 0 N–H and O–H groups in total. The normalized spacial score (nSPS) is 18.4. The number of carbonyl (C=O) groups excluding carboxylic acids is 2. The Hall–Kier alpha value is -2.63. The van der Waals surface area contributed by atoms with Crippen LogP contribution in [0, 0.1) is 11.7 Å². The molecule has 3 rings (SSSR count). The van der Waals surface area contributed by atoms with Crippen molar-refractivity contribution < 1.29 is 18.4 Å². The molecule has 2 aromatic rings. The summed E-state index contributed by atoms with van der Waals surface area (Å²) in [6, 6.07) is 7.66. The molecule has 5 nitrogen and oxygen atoms in total. The molecule has 0 spiro atoms. The van der Waals surface area contributed by atoms with E-state index in [2.05, 4.69) is 0 Å². The summed E-state index contributed by atoms with van der Waals surface area (Å²) in [5, 5.41) is 0. The van der Waals surface area contributed by atoms with Crippen molar-refractivity contribution in [3.63, 3.8) is 0 Å². The van der Waals surface area contributed by atoms with E-state index in [0.29, 0.717) is 18.7 Å². The summed E-state index contributed by atoms with van der Waals surface area (Å²) in [4.78, 5) is 28.8. The third-order valence-electron chi connectivity index (χ3n) is 5.11. The van der Waals surface area contributed by atoms with Gasteiger partial charge in [-0.05, 0) is 43.5 Å². The first kappa shape index (κ1) is 18.2. The lowest BCUT2D eigenvalue weighted by atomic mass is 9.95. The number of amides is 2. The zero-order valence-corrected chi connectivity index (χ0v) is 15.0. The Labute approximate surface area is 152 Å². The molecular weight excluding hydrogens is 335 g/mol.